The summed E-state index contributed by atoms with van der Waals surface area (Å²) in [6.45, 7) is 0.632. The van der Waals surface area contributed by atoms with Crippen molar-refractivity contribution < 1.29 is 14.4 Å². The third kappa shape index (κ3) is 3.16. The molecular formula is C19H21N3O3. The van der Waals surface area contributed by atoms with Crippen LogP contribution in [-0.4, -0.2) is 30.3 Å². The molecule has 1 saturated carbocycles. The number of fused-ring (bicyclic) bond motifs is 3. The molecule has 4 atom stereocenters. The van der Waals surface area contributed by atoms with Gasteiger partial charge in [-0.25, -0.2) is 0 Å². The second-order valence-electron chi connectivity index (χ2n) is 7.11. The smallest absolute Gasteiger partial charge is 0.254 e. The van der Waals surface area contributed by atoms with Crippen molar-refractivity contribution in [3.05, 3.63) is 42.0 Å². The Labute approximate surface area is 146 Å². The number of para-hydroxylation sites is 1. The van der Waals surface area contributed by atoms with Crippen LogP contribution in [0.5, 0.6) is 0 Å². The predicted octanol–water partition coefficient (Wildman–Crippen LogP) is 1.46. The van der Waals surface area contributed by atoms with Crippen molar-refractivity contribution in [3.8, 4) is 0 Å². The first-order chi connectivity index (χ1) is 12.1. The standard InChI is InChI=1S/C19H21N3O3/c23-17(20-10-13-8-11-5-6-12(13)7-11)9-16-19(25)21-15-4-2-1-3-14(15)18(24)22-16/h1-6,11-13,16H,7-10H2,(H,20,23)(H,21,25)(H,22,24)/t11-,12+,13-,16+/m1/s1. The van der Waals surface area contributed by atoms with Crippen molar-refractivity contribution in [3.63, 3.8) is 0 Å². The summed E-state index contributed by atoms with van der Waals surface area (Å²) in [6, 6.07) is 5.96. The largest absolute Gasteiger partial charge is 0.356 e. The number of hydrogen-bond acceptors (Lipinski definition) is 3. The average Bonchev–Trinajstić information content (AvgIpc) is 3.20. The second-order valence-corrected chi connectivity index (χ2v) is 7.11. The van der Waals surface area contributed by atoms with Crippen LogP contribution < -0.4 is 16.0 Å². The number of rotatable bonds is 4. The van der Waals surface area contributed by atoms with Crippen LogP contribution in [0.4, 0.5) is 5.69 Å². The Balaban J connectivity index is 1.34. The molecule has 25 heavy (non-hydrogen) atoms. The molecule has 3 N–H and O–H groups in total. The van der Waals surface area contributed by atoms with Crippen LogP contribution in [0.25, 0.3) is 0 Å². The van der Waals surface area contributed by atoms with Gasteiger partial charge in [-0.05, 0) is 42.7 Å². The summed E-state index contributed by atoms with van der Waals surface area (Å²) >= 11 is 0. The van der Waals surface area contributed by atoms with E-state index in [9.17, 15) is 14.4 Å². The van der Waals surface area contributed by atoms with E-state index in [0.29, 0.717) is 35.5 Å². The molecule has 0 aromatic heterocycles. The Bertz CT molecular complexity index is 758. The fourth-order valence-corrected chi connectivity index (χ4v) is 4.09. The number of carbonyl (C=O) groups is 3. The third-order valence-electron chi connectivity index (χ3n) is 5.42. The Kier molecular flexibility index (Phi) is 4.03. The molecule has 3 aliphatic rings. The highest BCUT2D eigenvalue weighted by Crippen LogP contribution is 2.42. The SMILES string of the molecule is O=C(C[C@@H]1NC(=O)c2ccccc2NC1=O)NC[C@H]1C[C@@H]2C=C[C@H]1C2. The van der Waals surface area contributed by atoms with Gasteiger partial charge >= 0.3 is 0 Å². The zero-order chi connectivity index (χ0) is 17.4. The summed E-state index contributed by atoms with van der Waals surface area (Å²) in [5.41, 5.74) is 0.884. The number of benzene rings is 1. The van der Waals surface area contributed by atoms with Gasteiger partial charge in [0, 0.05) is 6.54 Å². The maximum atomic E-state index is 12.3. The van der Waals surface area contributed by atoms with Crippen molar-refractivity contribution in [2.24, 2.45) is 17.8 Å². The topological polar surface area (TPSA) is 87.3 Å². The predicted molar refractivity (Wildman–Crippen MR) is 92.8 cm³/mol. The summed E-state index contributed by atoms with van der Waals surface area (Å²) in [5, 5.41) is 8.29. The first-order valence-corrected chi connectivity index (χ1v) is 8.76. The molecule has 0 saturated heterocycles. The van der Waals surface area contributed by atoms with Gasteiger partial charge in [-0.3, -0.25) is 14.4 Å². The molecule has 6 nitrogen and oxygen atoms in total. The van der Waals surface area contributed by atoms with Gasteiger partial charge in [0.2, 0.25) is 11.8 Å². The molecule has 2 aliphatic carbocycles. The van der Waals surface area contributed by atoms with Crippen LogP contribution in [0.3, 0.4) is 0 Å². The van der Waals surface area contributed by atoms with E-state index >= 15 is 0 Å². The third-order valence-corrected chi connectivity index (χ3v) is 5.42. The van der Waals surface area contributed by atoms with Gasteiger partial charge in [0.15, 0.2) is 0 Å². The highest BCUT2D eigenvalue weighted by Gasteiger charge is 2.36. The van der Waals surface area contributed by atoms with Gasteiger partial charge < -0.3 is 16.0 Å². The van der Waals surface area contributed by atoms with Gasteiger partial charge in [-0.15, -0.1) is 0 Å². The van der Waals surface area contributed by atoms with Crippen LogP contribution >= 0.6 is 0 Å². The molecule has 1 fully saturated rings. The van der Waals surface area contributed by atoms with Crippen LogP contribution in [-0.2, 0) is 9.59 Å². The first kappa shape index (κ1) is 15.9. The molecule has 2 bridgehead atoms. The molecular weight excluding hydrogens is 318 g/mol. The normalized spacial score (nSPS) is 29.6. The summed E-state index contributed by atoms with van der Waals surface area (Å²) in [5.74, 6) is 0.804. The first-order valence-electron chi connectivity index (χ1n) is 8.76. The molecule has 4 rings (SSSR count). The Hall–Kier alpha value is -2.63. The summed E-state index contributed by atoms with van der Waals surface area (Å²) in [7, 11) is 0. The van der Waals surface area contributed by atoms with E-state index in [2.05, 4.69) is 28.1 Å². The number of carbonyl (C=O) groups excluding carboxylic acids is 3. The van der Waals surface area contributed by atoms with E-state index < -0.39 is 6.04 Å². The molecule has 130 valence electrons. The average molecular weight is 339 g/mol. The number of anilines is 1. The summed E-state index contributed by atoms with van der Waals surface area (Å²) in [6.07, 6.45) is 6.78. The van der Waals surface area contributed by atoms with E-state index in [-0.39, 0.29) is 24.1 Å². The van der Waals surface area contributed by atoms with E-state index in [1.807, 2.05) is 0 Å². The Morgan fingerprint density at radius 2 is 2.00 bits per heavy atom. The Morgan fingerprint density at radius 1 is 1.16 bits per heavy atom. The fraction of sp³-hybridized carbons (Fsp3) is 0.421. The number of hydrogen-bond donors (Lipinski definition) is 3. The van der Waals surface area contributed by atoms with Crippen molar-refractivity contribution in [1.29, 1.82) is 0 Å². The molecule has 1 heterocycles. The van der Waals surface area contributed by atoms with Crippen molar-refractivity contribution in [1.82, 2.24) is 10.6 Å². The zero-order valence-electron chi connectivity index (χ0n) is 13.8. The molecule has 3 amide bonds. The van der Waals surface area contributed by atoms with Crippen molar-refractivity contribution >= 4 is 23.4 Å². The maximum absolute atomic E-state index is 12.3. The monoisotopic (exact) mass is 339 g/mol. The van der Waals surface area contributed by atoms with E-state index in [0.717, 1.165) is 6.42 Å². The minimum atomic E-state index is -0.861. The van der Waals surface area contributed by atoms with Crippen molar-refractivity contribution in [2.75, 3.05) is 11.9 Å². The van der Waals surface area contributed by atoms with Crippen LogP contribution in [0.1, 0.15) is 29.6 Å². The zero-order valence-corrected chi connectivity index (χ0v) is 13.8. The second kappa shape index (κ2) is 6.35. The minimum absolute atomic E-state index is 0.0534. The molecule has 1 aromatic rings. The van der Waals surface area contributed by atoms with Crippen LogP contribution in [0.2, 0.25) is 0 Å². The lowest BCUT2D eigenvalue weighted by atomic mass is 9.93. The minimum Gasteiger partial charge on any atom is -0.356 e. The van der Waals surface area contributed by atoms with Gasteiger partial charge in [-0.2, -0.15) is 0 Å². The van der Waals surface area contributed by atoms with Crippen LogP contribution in [0, 0.1) is 17.8 Å². The van der Waals surface area contributed by atoms with Gasteiger partial charge in [0.05, 0.1) is 17.7 Å². The highest BCUT2D eigenvalue weighted by molar-refractivity contribution is 6.10. The molecule has 1 aromatic carbocycles. The van der Waals surface area contributed by atoms with Crippen LogP contribution in [0.15, 0.2) is 36.4 Å². The number of nitrogens with one attached hydrogen (secondary N) is 3. The lowest BCUT2D eigenvalue weighted by Crippen LogP contribution is -2.45. The number of amides is 3. The lowest BCUT2D eigenvalue weighted by Gasteiger charge is -2.19. The molecule has 6 heteroatoms. The summed E-state index contributed by atoms with van der Waals surface area (Å²) in [4.78, 5) is 36.8. The Morgan fingerprint density at radius 3 is 2.76 bits per heavy atom. The van der Waals surface area contributed by atoms with Crippen molar-refractivity contribution in [2.45, 2.75) is 25.3 Å². The van der Waals surface area contributed by atoms with Gasteiger partial charge in [0.1, 0.15) is 6.04 Å². The van der Waals surface area contributed by atoms with Gasteiger partial charge in [0.25, 0.3) is 5.91 Å². The van der Waals surface area contributed by atoms with E-state index in [1.165, 1.54) is 6.42 Å². The molecule has 0 spiro atoms. The van der Waals surface area contributed by atoms with E-state index in [1.54, 1.807) is 24.3 Å². The van der Waals surface area contributed by atoms with Gasteiger partial charge in [-0.1, -0.05) is 24.3 Å². The maximum Gasteiger partial charge on any atom is 0.254 e. The van der Waals surface area contributed by atoms with E-state index in [4.69, 9.17) is 0 Å². The molecule has 1 aliphatic heterocycles. The number of allylic oxidation sites excluding steroid dienone is 2. The highest BCUT2D eigenvalue weighted by atomic mass is 16.2. The quantitative estimate of drug-likeness (QED) is 0.726. The lowest BCUT2D eigenvalue weighted by molar-refractivity contribution is -0.125. The molecule has 0 unspecified atom stereocenters. The molecule has 0 radical (unpaired) electrons. The fourth-order valence-electron chi connectivity index (χ4n) is 4.09. The summed E-state index contributed by atoms with van der Waals surface area (Å²) < 4.78 is 0.